The highest BCUT2D eigenvalue weighted by molar-refractivity contribution is 6.00. The fourth-order valence-corrected chi connectivity index (χ4v) is 2.81. The first-order valence-corrected chi connectivity index (χ1v) is 6.79. The van der Waals surface area contributed by atoms with E-state index in [-0.39, 0.29) is 22.8 Å². The topological polar surface area (TPSA) is 89.5 Å². The maximum Gasteiger partial charge on any atom is 0.304 e. The molecule has 1 amide bonds. The molecular weight excluding hydrogens is 258 g/mol. The van der Waals surface area contributed by atoms with Crippen molar-refractivity contribution in [1.82, 2.24) is 4.90 Å². The van der Waals surface area contributed by atoms with E-state index >= 15 is 0 Å². The van der Waals surface area contributed by atoms with Gasteiger partial charge in [0.15, 0.2) is 0 Å². The van der Waals surface area contributed by atoms with Crippen LogP contribution >= 0.6 is 0 Å². The second kappa shape index (κ2) is 5.90. The van der Waals surface area contributed by atoms with Crippen molar-refractivity contribution in [2.75, 3.05) is 19.3 Å². The van der Waals surface area contributed by atoms with Gasteiger partial charge in [-0.15, -0.1) is 0 Å². The van der Waals surface area contributed by atoms with Crippen LogP contribution in [-0.2, 0) is 0 Å². The van der Waals surface area contributed by atoms with Crippen molar-refractivity contribution in [3.8, 4) is 0 Å². The normalized spacial score (nSPS) is 15.2. The molecule has 0 spiro atoms. The minimum Gasteiger partial charge on any atom is -0.393 e. The van der Waals surface area contributed by atoms with Gasteiger partial charge in [0.05, 0.1) is 4.92 Å². The van der Waals surface area contributed by atoms with Gasteiger partial charge >= 0.3 is 5.69 Å². The molecule has 0 aliphatic heterocycles. The molecule has 1 fully saturated rings. The molecule has 20 heavy (non-hydrogen) atoms. The molecule has 2 rings (SSSR count). The first-order valence-electron chi connectivity index (χ1n) is 6.79. The highest BCUT2D eigenvalue weighted by Crippen LogP contribution is 2.29. The molecule has 0 heterocycles. The number of amides is 1. The molecule has 1 aromatic rings. The minimum atomic E-state index is -0.591. The van der Waals surface area contributed by atoms with Crippen molar-refractivity contribution < 1.29 is 9.72 Å². The number of anilines is 1. The number of nitrogens with zero attached hydrogens (tertiary/aromatic N) is 2. The van der Waals surface area contributed by atoms with Gasteiger partial charge in [-0.3, -0.25) is 14.9 Å². The number of carbonyl (C=O) groups excluding carboxylic acids is 1. The summed E-state index contributed by atoms with van der Waals surface area (Å²) in [7, 11) is 1.69. The van der Waals surface area contributed by atoms with E-state index in [1.165, 1.54) is 25.0 Å². The van der Waals surface area contributed by atoms with Gasteiger partial charge in [-0.1, -0.05) is 18.9 Å². The number of para-hydroxylation sites is 1. The van der Waals surface area contributed by atoms with E-state index < -0.39 is 4.92 Å². The molecule has 0 atom stereocenters. The Hall–Kier alpha value is -2.11. The van der Waals surface area contributed by atoms with Crippen LogP contribution in [0.15, 0.2) is 18.2 Å². The molecule has 1 aliphatic carbocycles. The van der Waals surface area contributed by atoms with Crippen molar-refractivity contribution in [3.63, 3.8) is 0 Å². The molecule has 6 nitrogen and oxygen atoms in total. The van der Waals surface area contributed by atoms with Crippen molar-refractivity contribution in [2.45, 2.75) is 25.7 Å². The average molecular weight is 277 g/mol. The summed E-state index contributed by atoms with van der Waals surface area (Å²) in [6.45, 7) is 0.644. The Kier molecular flexibility index (Phi) is 4.22. The summed E-state index contributed by atoms with van der Waals surface area (Å²) in [4.78, 5) is 24.4. The molecule has 108 valence electrons. The maximum absolute atomic E-state index is 12.4. The quantitative estimate of drug-likeness (QED) is 0.520. The Balaban J connectivity index is 2.19. The molecule has 0 unspecified atom stereocenters. The molecular formula is C14H19N3O3. The predicted octanol–water partition coefficient (Wildman–Crippen LogP) is 2.44. The van der Waals surface area contributed by atoms with Crippen LogP contribution in [0.2, 0.25) is 0 Å². The number of nitrogen functional groups attached to an aromatic ring is 1. The number of hydrogen-bond acceptors (Lipinski definition) is 4. The molecule has 6 heteroatoms. The summed E-state index contributed by atoms with van der Waals surface area (Å²) < 4.78 is 0. The number of nitrogens with two attached hydrogens (primary N) is 1. The van der Waals surface area contributed by atoms with E-state index in [2.05, 4.69) is 0 Å². The molecule has 1 aromatic carbocycles. The fourth-order valence-electron chi connectivity index (χ4n) is 2.81. The van der Waals surface area contributed by atoms with Gasteiger partial charge in [0, 0.05) is 13.6 Å². The number of nitro groups is 1. The van der Waals surface area contributed by atoms with Crippen LogP contribution < -0.4 is 5.73 Å². The lowest BCUT2D eigenvalue weighted by Gasteiger charge is -2.21. The number of benzene rings is 1. The summed E-state index contributed by atoms with van der Waals surface area (Å²) in [5, 5.41) is 11.1. The zero-order valence-electron chi connectivity index (χ0n) is 11.5. The van der Waals surface area contributed by atoms with Crippen molar-refractivity contribution in [3.05, 3.63) is 33.9 Å². The van der Waals surface area contributed by atoms with Crippen LogP contribution in [0.5, 0.6) is 0 Å². The lowest BCUT2D eigenvalue weighted by Crippen LogP contribution is -2.31. The Morgan fingerprint density at radius 3 is 2.70 bits per heavy atom. The third-order valence-electron chi connectivity index (χ3n) is 3.83. The van der Waals surface area contributed by atoms with Crippen LogP contribution in [0.3, 0.4) is 0 Å². The molecule has 2 N–H and O–H groups in total. The van der Waals surface area contributed by atoms with Gasteiger partial charge in [0.1, 0.15) is 11.3 Å². The van der Waals surface area contributed by atoms with E-state index in [9.17, 15) is 14.9 Å². The van der Waals surface area contributed by atoms with Gasteiger partial charge in [-0.2, -0.15) is 0 Å². The van der Waals surface area contributed by atoms with Crippen LogP contribution in [0, 0.1) is 16.0 Å². The number of rotatable bonds is 4. The number of nitro benzene ring substituents is 1. The number of hydrogen-bond donors (Lipinski definition) is 1. The molecule has 1 aliphatic rings. The van der Waals surface area contributed by atoms with Crippen LogP contribution in [0.25, 0.3) is 0 Å². The van der Waals surface area contributed by atoms with Gasteiger partial charge in [0.2, 0.25) is 0 Å². The van der Waals surface area contributed by atoms with E-state index in [1.807, 2.05) is 0 Å². The zero-order chi connectivity index (χ0) is 14.7. The smallest absolute Gasteiger partial charge is 0.304 e. The fraction of sp³-hybridized carbons (Fsp3) is 0.500. The largest absolute Gasteiger partial charge is 0.393 e. The molecule has 0 bridgehead atoms. The van der Waals surface area contributed by atoms with Crippen LogP contribution in [0.4, 0.5) is 11.4 Å². The van der Waals surface area contributed by atoms with Gasteiger partial charge in [0.25, 0.3) is 5.91 Å². The average Bonchev–Trinajstić information content (AvgIpc) is 2.89. The molecule has 0 aromatic heterocycles. The molecule has 0 radical (unpaired) electrons. The monoisotopic (exact) mass is 277 g/mol. The highest BCUT2D eigenvalue weighted by Gasteiger charge is 2.27. The lowest BCUT2D eigenvalue weighted by molar-refractivity contribution is -0.384. The Labute approximate surface area is 117 Å². The van der Waals surface area contributed by atoms with E-state index in [1.54, 1.807) is 18.0 Å². The Morgan fingerprint density at radius 2 is 2.10 bits per heavy atom. The maximum atomic E-state index is 12.4. The predicted molar refractivity (Wildman–Crippen MR) is 76.4 cm³/mol. The second-order valence-corrected chi connectivity index (χ2v) is 5.34. The van der Waals surface area contributed by atoms with Crippen LogP contribution in [0.1, 0.15) is 36.0 Å². The van der Waals surface area contributed by atoms with E-state index in [0.717, 1.165) is 12.8 Å². The first-order chi connectivity index (χ1) is 9.50. The summed E-state index contributed by atoms with van der Waals surface area (Å²) >= 11 is 0. The Morgan fingerprint density at radius 1 is 1.45 bits per heavy atom. The second-order valence-electron chi connectivity index (χ2n) is 5.34. The van der Waals surface area contributed by atoms with Gasteiger partial charge < -0.3 is 10.6 Å². The number of carbonyl (C=O) groups is 1. The summed E-state index contributed by atoms with van der Waals surface area (Å²) in [6, 6.07) is 4.47. The summed E-state index contributed by atoms with van der Waals surface area (Å²) in [6.07, 6.45) is 4.64. The third kappa shape index (κ3) is 2.89. The highest BCUT2D eigenvalue weighted by atomic mass is 16.6. The standard InChI is InChI=1S/C14H19N3O3/c1-16(9-10-5-2-3-6-10)14(18)11-7-4-8-12(15)13(11)17(19)20/h4,7-8,10H,2-3,5-6,9,15H2,1H3. The summed E-state index contributed by atoms with van der Waals surface area (Å²) in [5.41, 5.74) is 5.40. The van der Waals surface area contributed by atoms with Crippen molar-refractivity contribution in [2.24, 2.45) is 5.92 Å². The third-order valence-corrected chi connectivity index (χ3v) is 3.83. The van der Waals surface area contributed by atoms with Crippen LogP contribution in [-0.4, -0.2) is 29.3 Å². The van der Waals surface area contributed by atoms with E-state index in [0.29, 0.717) is 12.5 Å². The van der Waals surface area contributed by atoms with E-state index in [4.69, 9.17) is 5.73 Å². The first kappa shape index (κ1) is 14.3. The lowest BCUT2D eigenvalue weighted by atomic mass is 10.1. The minimum absolute atomic E-state index is 0.0233. The Bertz CT molecular complexity index is 524. The SMILES string of the molecule is CN(CC1CCCC1)C(=O)c1cccc(N)c1[N+](=O)[O-]. The molecule has 0 saturated heterocycles. The zero-order valence-corrected chi connectivity index (χ0v) is 11.5. The molecule has 1 saturated carbocycles. The van der Waals surface area contributed by atoms with Gasteiger partial charge in [-0.25, -0.2) is 0 Å². The van der Waals surface area contributed by atoms with Crippen molar-refractivity contribution in [1.29, 1.82) is 0 Å². The summed E-state index contributed by atoms with van der Waals surface area (Å²) in [5.74, 6) is 0.167. The van der Waals surface area contributed by atoms with Gasteiger partial charge in [-0.05, 0) is 30.9 Å². The van der Waals surface area contributed by atoms with Crippen molar-refractivity contribution >= 4 is 17.3 Å².